The zero-order valence-corrected chi connectivity index (χ0v) is 11.9. The standard InChI is InChI=1S/C14H20FN3O2/c1-9(2)18(14(20)10(3)16)8-13(19)17-12-6-4-11(15)5-7-12/h4-7,9-10H,8,16H2,1-3H3,(H,17,19)/t10-/m0/s1. The second kappa shape index (κ2) is 7.00. The zero-order valence-electron chi connectivity index (χ0n) is 11.9. The predicted molar refractivity (Wildman–Crippen MR) is 75.5 cm³/mol. The minimum atomic E-state index is -0.656. The minimum absolute atomic E-state index is 0.0879. The quantitative estimate of drug-likeness (QED) is 0.855. The summed E-state index contributed by atoms with van der Waals surface area (Å²) in [6.07, 6.45) is 0. The van der Waals surface area contributed by atoms with Crippen LogP contribution in [0.25, 0.3) is 0 Å². The van der Waals surface area contributed by atoms with E-state index < -0.39 is 6.04 Å². The number of carbonyl (C=O) groups excluding carboxylic acids is 2. The largest absolute Gasteiger partial charge is 0.330 e. The highest BCUT2D eigenvalue weighted by molar-refractivity contribution is 5.95. The molecule has 1 atom stereocenters. The molecule has 0 saturated heterocycles. The fourth-order valence-electron chi connectivity index (χ4n) is 1.66. The topological polar surface area (TPSA) is 75.4 Å². The number of nitrogens with one attached hydrogen (secondary N) is 1. The summed E-state index contributed by atoms with van der Waals surface area (Å²) in [4.78, 5) is 25.2. The molecule has 1 rings (SSSR count). The lowest BCUT2D eigenvalue weighted by Gasteiger charge is -2.27. The Kier molecular flexibility index (Phi) is 5.64. The van der Waals surface area contributed by atoms with E-state index in [1.165, 1.54) is 29.2 Å². The van der Waals surface area contributed by atoms with Crippen molar-refractivity contribution in [2.24, 2.45) is 5.73 Å². The molecule has 2 amide bonds. The third-order valence-electron chi connectivity index (χ3n) is 2.74. The Hall–Kier alpha value is -1.95. The van der Waals surface area contributed by atoms with Crippen molar-refractivity contribution in [3.05, 3.63) is 30.1 Å². The number of hydrogen-bond acceptors (Lipinski definition) is 3. The molecule has 1 aromatic carbocycles. The van der Waals surface area contributed by atoms with Gasteiger partial charge in [0.05, 0.1) is 6.04 Å². The number of nitrogens with two attached hydrogens (primary N) is 1. The SMILES string of the molecule is CC(C)N(CC(=O)Nc1ccc(F)cc1)C(=O)[C@H](C)N. The Bertz CT molecular complexity index is 472. The lowest BCUT2D eigenvalue weighted by Crippen LogP contribution is -2.48. The molecule has 0 aliphatic heterocycles. The van der Waals surface area contributed by atoms with Gasteiger partial charge in [-0.3, -0.25) is 9.59 Å². The van der Waals surface area contributed by atoms with E-state index in [1.54, 1.807) is 6.92 Å². The van der Waals surface area contributed by atoms with Crippen LogP contribution in [0.5, 0.6) is 0 Å². The molecule has 0 heterocycles. The van der Waals surface area contributed by atoms with Gasteiger partial charge >= 0.3 is 0 Å². The van der Waals surface area contributed by atoms with Crippen molar-refractivity contribution in [1.82, 2.24) is 4.90 Å². The van der Waals surface area contributed by atoms with Gasteiger partial charge in [0, 0.05) is 11.7 Å². The lowest BCUT2D eigenvalue weighted by atomic mass is 10.2. The van der Waals surface area contributed by atoms with E-state index in [4.69, 9.17) is 5.73 Å². The van der Waals surface area contributed by atoms with E-state index in [0.29, 0.717) is 5.69 Å². The average molecular weight is 281 g/mol. The highest BCUT2D eigenvalue weighted by Gasteiger charge is 2.22. The maximum absolute atomic E-state index is 12.8. The molecule has 0 aliphatic carbocycles. The molecular weight excluding hydrogens is 261 g/mol. The van der Waals surface area contributed by atoms with E-state index in [2.05, 4.69) is 5.32 Å². The van der Waals surface area contributed by atoms with Crippen LogP contribution in [-0.2, 0) is 9.59 Å². The Morgan fingerprint density at radius 2 is 1.80 bits per heavy atom. The van der Waals surface area contributed by atoms with Gasteiger partial charge in [0.1, 0.15) is 12.4 Å². The number of halogens is 1. The average Bonchev–Trinajstić information content (AvgIpc) is 2.37. The molecule has 0 radical (unpaired) electrons. The number of carbonyl (C=O) groups is 2. The van der Waals surface area contributed by atoms with Crippen LogP contribution in [0.4, 0.5) is 10.1 Å². The van der Waals surface area contributed by atoms with Crippen molar-refractivity contribution in [3.63, 3.8) is 0 Å². The minimum Gasteiger partial charge on any atom is -0.330 e. The normalized spacial score (nSPS) is 12.1. The van der Waals surface area contributed by atoms with Crippen molar-refractivity contribution in [1.29, 1.82) is 0 Å². The molecule has 6 heteroatoms. The molecule has 0 unspecified atom stereocenters. The summed E-state index contributed by atoms with van der Waals surface area (Å²) >= 11 is 0. The maximum atomic E-state index is 12.8. The monoisotopic (exact) mass is 281 g/mol. The second-order valence-electron chi connectivity index (χ2n) is 4.90. The van der Waals surface area contributed by atoms with E-state index in [0.717, 1.165) is 0 Å². The second-order valence-corrected chi connectivity index (χ2v) is 4.90. The third kappa shape index (κ3) is 4.62. The van der Waals surface area contributed by atoms with Crippen LogP contribution < -0.4 is 11.1 Å². The van der Waals surface area contributed by atoms with Gasteiger partial charge in [-0.1, -0.05) is 0 Å². The molecule has 0 fully saturated rings. The van der Waals surface area contributed by atoms with Crippen LogP contribution in [-0.4, -0.2) is 35.3 Å². The molecule has 1 aromatic rings. The number of benzene rings is 1. The van der Waals surface area contributed by atoms with Crippen molar-refractivity contribution in [2.45, 2.75) is 32.9 Å². The number of anilines is 1. The number of amides is 2. The molecule has 0 spiro atoms. The van der Waals surface area contributed by atoms with Crippen LogP contribution in [0, 0.1) is 5.82 Å². The molecule has 5 nitrogen and oxygen atoms in total. The first-order valence-corrected chi connectivity index (χ1v) is 6.42. The number of nitrogens with zero attached hydrogens (tertiary/aromatic N) is 1. The van der Waals surface area contributed by atoms with Gasteiger partial charge in [0.2, 0.25) is 11.8 Å². The van der Waals surface area contributed by atoms with Crippen molar-refractivity contribution in [3.8, 4) is 0 Å². The maximum Gasteiger partial charge on any atom is 0.244 e. The van der Waals surface area contributed by atoms with Gasteiger partial charge in [-0.2, -0.15) is 0 Å². The molecule has 0 saturated carbocycles. The summed E-state index contributed by atoms with van der Waals surface area (Å²) in [5, 5.41) is 2.61. The molecular formula is C14H20FN3O2. The van der Waals surface area contributed by atoms with E-state index >= 15 is 0 Å². The van der Waals surface area contributed by atoms with Crippen LogP contribution in [0.15, 0.2) is 24.3 Å². The summed E-state index contributed by atoms with van der Waals surface area (Å²) < 4.78 is 12.8. The number of rotatable bonds is 5. The Balaban J connectivity index is 2.67. The van der Waals surface area contributed by atoms with E-state index in [1.807, 2.05) is 13.8 Å². The van der Waals surface area contributed by atoms with Crippen LogP contribution in [0.1, 0.15) is 20.8 Å². The summed E-state index contributed by atoms with van der Waals surface area (Å²) in [5.41, 5.74) is 6.03. The Labute approximate surface area is 117 Å². The van der Waals surface area contributed by atoms with Crippen molar-refractivity contribution < 1.29 is 14.0 Å². The van der Waals surface area contributed by atoms with E-state index in [-0.39, 0.29) is 30.2 Å². The van der Waals surface area contributed by atoms with Crippen molar-refractivity contribution >= 4 is 17.5 Å². The first-order valence-electron chi connectivity index (χ1n) is 6.42. The highest BCUT2D eigenvalue weighted by atomic mass is 19.1. The Morgan fingerprint density at radius 1 is 1.25 bits per heavy atom. The predicted octanol–water partition coefficient (Wildman–Crippen LogP) is 1.35. The van der Waals surface area contributed by atoms with Gasteiger partial charge < -0.3 is 16.0 Å². The molecule has 110 valence electrons. The zero-order chi connectivity index (χ0) is 15.3. The summed E-state index contributed by atoms with van der Waals surface area (Å²) in [5.74, 6) is -1.01. The molecule has 0 aromatic heterocycles. The summed E-state index contributed by atoms with van der Waals surface area (Å²) in [6.45, 7) is 5.11. The Morgan fingerprint density at radius 3 is 2.25 bits per heavy atom. The summed E-state index contributed by atoms with van der Waals surface area (Å²) in [7, 11) is 0. The van der Waals surface area contributed by atoms with Gasteiger partial charge in [0.25, 0.3) is 0 Å². The smallest absolute Gasteiger partial charge is 0.244 e. The van der Waals surface area contributed by atoms with Crippen LogP contribution in [0.2, 0.25) is 0 Å². The van der Waals surface area contributed by atoms with Gasteiger partial charge in [-0.15, -0.1) is 0 Å². The lowest BCUT2D eigenvalue weighted by molar-refractivity contribution is -0.137. The van der Waals surface area contributed by atoms with Crippen LogP contribution >= 0.6 is 0 Å². The molecule has 0 aliphatic rings. The third-order valence-corrected chi connectivity index (χ3v) is 2.74. The number of hydrogen-bond donors (Lipinski definition) is 2. The first kappa shape index (κ1) is 16.1. The first-order chi connectivity index (χ1) is 9.31. The highest BCUT2D eigenvalue weighted by Crippen LogP contribution is 2.09. The molecule has 3 N–H and O–H groups in total. The van der Waals surface area contributed by atoms with Gasteiger partial charge in [-0.25, -0.2) is 4.39 Å². The fraction of sp³-hybridized carbons (Fsp3) is 0.429. The molecule has 20 heavy (non-hydrogen) atoms. The van der Waals surface area contributed by atoms with Crippen molar-refractivity contribution in [2.75, 3.05) is 11.9 Å². The van der Waals surface area contributed by atoms with Gasteiger partial charge in [0.15, 0.2) is 0 Å². The molecule has 0 bridgehead atoms. The van der Waals surface area contributed by atoms with Gasteiger partial charge in [-0.05, 0) is 45.0 Å². The van der Waals surface area contributed by atoms with E-state index in [9.17, 15) is 14.0 Å². The fourth-order valence-corrected chi connectivity index (χ4v) is 1.66. The summed E-state index contributed by atoms with van der Waals surface area (Å²) in [6, 6.07) is 4.63. The van der Waals surface area contributed by atoms with Crippen LogP contribution in [0.3, 0.4) is 0 Å².